The maximum Gasteiger partial charge on any atom is 0.250 e. The predicted molar refractivity (Wildman–Crippen MR) is 148 cm³/mol. The Morgan fingerprint density at radius 2 is 1.45 bits per heavy atom. The zero-order valence-corrected chi connectivity index (χ0v) is 21.0. The molecule has 6 nitrogen and oxygen atoms in total. The lowest BCUT2D eigenvalue weighted by molar-refractivity contribution is -0.125. The average molecular weight is 507 g/mol. The monoisotopic (exact) mass is 506 g/mol. The molecule has 0 saturated heterocycles. The first kappa shape index (κ1) is 25.2. The minimum Gasteiger partial charge on any atom is -0.494 e. The van der Waals surface area contributed by atoms with E-state index in [1.54, 1.807) is 0 Å². The molecule has 1 aliphatic heterocycles. The first-order valence-corrected chi connectivity index (χ1v) is 12.7. The molecular formula is C32H30N2O4. The van der Waals surface area contributed by atoms with Crippen molar-refractivity contribution < 1.29 is 19.4 Å². The molecule has 0 unspecified atom stereocenters. The van der Waals surface area contributed by atoms with Gasteiger partial charge in [-0.2, -0.15) is 0 Å². The van der Waals surface area contributed by atoms with Gasteiger partial charge >= 0.3 is 0 Å². The summed E-state index contributed by atoms with van der Waals surface area (Å²) in [5, 5.41) is 8.97. The highest BCUT2D eigenvalue weighted by molar-refractivity contribution is 6.00. The molecule has 0 saturated carbocycles. The zero-order valence-electron chi connectivity index (χ0n) is 21.0. The third kappa shape index (κ3) is 5.31. The van der Waals surface area contributed by atoms with E-state index in [0.717, 1.165) is 27.8 Å². The minimum absolute atomic E-state index is 0.0764. The number of rotatable bonds is 10. The summed E-state index contributed by atoms with van der Waals surface area (Å²) >= 11 is 0. The second-order valence-electron chi connectivity index (χ2n) is 9.30. The molecule has 4 aromatic carbocycles. The molecular weight excluding hydrogens is 476 g/mol. The van der Waals surface area contributed by atoms with Crippen molar-refractivity contribution in [3.63, 3.8) is 0 Å². The number of hydrogen-bond acceptors (Lipinski definition) is 5. The highest BCUT2D eigenvalue weighted by atomic mass is 16.5. The maximum absolute atomic E-state index is 13.2. The van der Waals surface area contributed by atoms with Crippen molar-refractivity contribution >= 4 is 11.8 Å². The number of hydrogen-bond donors (Lipinski definition) is 2. The summed E-state index contributed by atoms with van der Waals surface area (Å²) in [6.07, 6.45) is 0.170. The molecule has 4 aromatic rings. The smallest absolute Gasteiger partial charge is 0.250 e. The number of nitrogens with zero attached hydrogens (tertiary/aromatic N) is 1. The molecule has 38 heavy (non-hydrogen) atoms. The summed E-state index contributed by atoms with van der Waals surface area (Å²) in [5.41, 5.74) is 9.44. The predicted octanol–water partition coefficient (Wildman–Crippen LogP) is 5.10. The number of benzene rings is 4. The summed E-state index contributed by atoms with van der Waals surface area (Å²) in [5.74, 6) is 0.496. The standard InChI is InChI=1S/C32H30N2O4/c33-31(36)32(22-23-8-3-1-4-9-23)29(26-14-12-25(13-15-26)24-10-5-2-6-11-24)38-30(34-32)27-16-18-28(19-17-27)37-21-7-20-35/h1-6,8-19,29,35H,7,20-22H2,(H2,33,36)/t29-,32-/m1/s1. The molecule has 0 aromatic heterocycles. The van der Waals surface area contributed by atoms with Gasteiger partial charge in [-0.15, -0.1) is 0 Å². The van der Waals surface area contributed by atoms with Gasteiger partial charge < -0.3 is 20.3 Å². The van der Waals surface area contributed by atoms with E-state index in [4.69, 9.17) is 25.3 Å². The topological polar surface area (TPSA) is 94.1 Å². The second kappa shape index (κ2) is 11.3. The number of aliphatic hydroxyl groups is 1. The van der Waals surface area contributed by atoms with Gasteiger partial charge in [0, 0.05) is 25.0 Å². The van der Waals surface area contributed by atoms with Crippen LogP contribution in [-0.2, 0) is 16.0 Å². The highest BCUT2D eigenvalue weighted by Crippen LogP contribution is 2.42. The normalized spacial score (nSPS) is 18.4. The Morgan fingerprint density at radius 3 is 2.08 bits per heavy atom. The Morgan fingerprint density at radius 1 is 0.842 bits per heavy atom. The molecule has 1 aliphatic rings. The molecule has 2 atom stereocenters. The largest absolute Gasteiger partial charge is 0.494 e. The molecule has 1 heterocycles. The van der Waals surface area contributed by atoms with Crippen molar-refractivity contribution in [3.05, 3.63) is 126 Å². The average Bonchev–Trinajstić information content (AvgIpc) is 3.35. The van der Waals surface area contributed by atoms with Gasteiger partial charge in [0.05, 0.1) is 6.61 Å². The molecule has 0 spiro atoms. The quantitative estimate of drug-likeness (QED) is 0.293. The van der Waals surface area contributed by atoms with Gasteiger partial charge in [-0.3, -0.25) is 4.79 Å². The third-order valence-electron chi connectivity index (χ3n) is 6.70. The molecule has 6 heteroatoms. The van der Waals surface area contributed by atoms with Crippen molar-refractivity contribution in [1.82, 2.24) is 0 Å². The number of nitrogens with two attached hydrogens (primary N) is 1. The van der Waals surface area contributed by atoms with Crippen molar-refractivity contribution in [3.8, 4) is 16.9 Å². The molecule has 0 radical (unpaired) electrons. The van der Waals surface area contributed by atoms with E-state index >= 15 is 0 Å². The Bertz CT molecular complexity index is 1390. The van der Waals surface area contributed by atoms with Gasteiger partial charge in [0.1, 0.15) is 5.75 Å². The molecule has 0 bridgehead atoms. The van der Waals surface area contributed by atoms with Gasteiger partial charge in [-0.25, -0.2) is 4.99 Å². The van der Waals surface area contributed by atoms with Crippen LogP contribution in [0.5, 0.6) is 5.75 Å². The lowest BCUT2D eigenvalue weighted by Crippen LogP contribution is -2.47. The molecule has 1 amide bonds. The van der Waals surface area contributed by atoms with E-state index in [2.05, 4.69) is 12.1 Å². The first-order chi connectivity index (χ1) is 18.6. The summed E-state index contributed by atoms with van der Waals surface area (Å²) in [4.78, 5) is 18.0. The van der Waals surface area contributed by atoms with Crippen LogP contribution >= 0.6 is 0 Å². The number of ether oxygens (including phenoxy) is 2. The van der Waals surface area contributed by atoms with Crippen LogP contribution in [0.15, 0.2) is 114 Å². The lowest BCUT2D eigenvalue weighted by atomic mass is 9.82. The summed E-state index contributed by atoms with van der Waals surface area (Å²) < 4.78 is 12.1. The number of carbonyl (C=O) groups excluding carboxylic acids is 1. The fourth-order valence-corrected chi connectivity index (χ4v) is 4.69. The Hall–Kier alpha value is -4.42. The zero-order chi connectivity index (χ0) is 26.4. The van der Waals surface area contributed by atoms with Crippen molar-refractivity contribution in [2.24, 2.45) is 10.7 Å². The fraction of sp³-hybridized carbons (Fsp3) is 0.188. The minimum atomic E-state index is -1.32. The van der Waals surface area contributed by atoms with Gasteiger partial charge in [-0.1, -0.05) is 84.9 Å². The summed E-state index contributed by atoms with van der Waals surface area (Å²) in [6, 6.07) is 35.2. The first-order valence-electron chi connectivity index (χ1n) is 12.7. The number of amides is 1. The van der Waals surface area contributed by atoms with E-state index in [0.29, 0.717) is 31.1 Å². The number of carbonyl (C=O) groups is 1. The van der Waals surface area contributed by atoms with Crippen LogP contribution in [0.2, 0.25) is 0 Å². The molecule has 0 aliphatic carbocycles. The van der Waals surface area contributed by atoms with E-state index in [1.807, 2.05) is 97.1 Å². The van der Waals surface area contributed by atoms with E-state index in [9.17, 15) is 4.79 Å². The summed E-state index contributed by atoms with van der Waals surface area (Å²) in [6.45, 7) is 0.503. The van der Waals surface area contributed by atoms with E-state index in [-0.39, 0.29) is 6.61 Å². The Kier molecular flexibility index (Phi) is 7.52. The van der Waals surface area contributed by atoms with Gasteiger partial charge in [-0.05, 0) is 46.5 Å². The fourth-order valence-electron chi connectivity index (χ4n) is 4.69. The number of aliphatic hydroxyl groups excluding tert-OH is 1. The van der Waals surface area contributed by atoms with Crippen LogP contribution in [0.4, 0.5) is 0 Å². The van der Waals surface area contributed by atoms with Gasteiger partial charge in [0.2, 0.25) is 11.8 Å². The van der Waals surface area contributed by atoms with E-state index in [1.165, 1.54) is 0 Å². The SMILES string of the molecule is NC(=O)[C@]1(Cc2ccccc2)N=C(c2ccc(OCCCO)cc2)O[C@@H]1c1ccc(-c2ccccc2)cc1. The van der Waals surface area contributed by atoms with Crippen LogP contribution in [0.3, 0.4) is 0 Å². The van der Waals surface area contributed by atoms with Gasteiger partial charge in [0.15, 0.2) is 11.6 Å². The second-order valence-corrected chi connectivity index (χ2v) is 9.30. The highest BCUT2D eigenvalue weighted by Gasteiger charge is 2.52. The van der Waals surface area contributed by atoms with Crippen molar-refractivity contribution in [2.45, 2.75) is 24.5 Å². The Labute approximate surface area is 222 Å². The van der Waals surface area contributed by atoms with Crippen molar-refractivity contribution in [2.75, 3.05) is 13.2 Å². The number of primary amides is 1. The van der Waals surface area contributed by atoms with Crippen LogP contribution in [0, 0.1) is 0 Å². The lowest BCUT2D eigenvalue weighted by Gasteiger charge is -2.29. The molecule has 0 fully saturated rings. The van der Waals surface area contributed by atoms with Crippen LogP contribution in [0.25, 0.3) is 11.1 Å². The molecule has 5 rings (SSSR count). The summed E-state index contributed by atoms with van der Waals surface area (Å²) in [7, 11) is 0. The van der Waals surface area contributed by atoms with Crippen molar-refractivity contribution in [1.29, 1.82) is 0 Å². The van der Waals surface area contributed by atoms with Crippen LogP contribution in [-0.4, -0.2) is 35.7 Å². The number of aliphatic imine (C=N–C) groups is 1. The third-order valence-corrected chi connectivity index (χ3v) is 6.70. The van der Waals surface area contributed by atoms with Gasteiger partial charge in [0.25, 0.3) is 0 Å². The molecule has 3 N–H and O–H groups in total. The van der Waals surface area contributed by atoms with E-state index < -0.39 is 17.6 Å². The van der Waals surface area contributed by atoms with Crippen LogP contribution < -0.4 is 10.5 Å². The maximum atomic E-state index is 13.2. The van der Waals surface area contributed by atoms with Crippen LogP contribution in [0.1, 0.15) is 29.2 Å². The molecule has 192 valence electrons. The Balaban J connectivity index is 1.50.